The zero-order valence-corrected chi connectivity index (χ0v) is 11.4. The lowest BCUT2D eigenvalue weighted by molar-refractivity contribution is 0.457. The molecule has 2 saturated carbocycles. The Morgan fingerprint density at radius 2 is 1.76 bits per heavy atom. The molecule has 2 rings (SSSR count). The normalized spacial score (nSPS) is 37.3. The van der Waals surface area contributed by atoms with Crippen molar-refractivity contribution in [1.29, 1.82) is 0 Å². The van der Waals surface area contributed by atoms with Gasteiger partial charge in [-0.15, -0.1) is 0 Å². The lowest BCUT2D eigenvalue weighted by atomic mass is 10.0. The van der Waals surface area contributed by atoms with Crippen LogP contribution in [-0.4, -0.2) is 26.3 Å². The molecule has 17 heavy (non-hydrogen) atoms. The van der Waals surface area contributed by atoms with Crippen LogP contribution in [0.25, 0.3) is 0 Å². The smallest absolute Gasteiger partial charge is 0.211 e. The van der Waals surface area contributed by atoms with Gasteiger partial charge in [-0.2, -0.15) is 0 Å². The van der Waals surface area contributed by atoms with Crippen molar-refractivity contribution in [2.45, 2.75) is 57.5 Å². The molecule has 100 valence electrons. The van der Waals surface area contributed by atoms with E-state index in [2.05, 4.69) is 4.72 Å². The Morgan fingerprint density at radius 3 is 2.29 bits per heavy atom. The summed E-state index contributed by atoms with van der Waals surface area (Å²) in [6.07, 6.45) is 5.81. The first-order chi connectivity index (χ1) is 8.00. The molecule has 2 aliphatic rings. The highest BCUT2D eigenvalue weighted by atomic mass is 32.2. The number of rotatable bonds is 5. The molecule has 2 fully saturated rings. The second-order valence-corrected chi connectivity index (χ2v) is 7.58. The summed E-state index contributed by atoms with van der Waals surface area (Å²) in [5, 5.41) is 0. The summed E-state index contributed by atoms with van der Waals surface area (Å²) < 4.78 is 26.5. The van der Waals surface area contributed by atoms with E-state index in [-0.39, 0.29) is 11.8 Å². The van der Waals surface area contributed by atoms with Crippen LogP contribution in [-0.2, 0) is 10.0 Å². The highest BCUT2D eigenvalue weighted by Gasteiger charge is 2.41. The monoisotopic (exact) mass is 260 g/mol. The summed E-state index contributed by atoms with van der Waals surface area (Å²) in [6, 6.07) is 0.516. The van der Waals surface area contributed by atoms with E-state index in [4.69, 9.17) is 5.73 Å². The molecular formula is C12H24N2O2S. The van der Waals surface area contributed by atoms with Crippen molar-refractivity contribution in [3.63, 3.8) is 0 Å². The Kier molecular flexibility index (Phi) is 4.10. The van der Waals surface area contributed by atoms with E-state index in [1.807, 2.05) is 6.92 Å². The van der Waals surface area contributed by atoms with Crippen molar-refractivity contribution in [3.05, 3.63) is 0 Å². The fraction of sp³-hybridized carbons (Fsp3) is 1.00. The SMILES string of the molecule is CCCCS(=O)(=O)NC1CC2CC(N)CC2C1. The number of hydrogen-bond donors (Lipinski definition) is 2. The highest BCUT2D eigenvalue weighted by Crippen LogP contribution is 2.43. The lowest BCUT2D eigenvalue weighted by Gasteiger charge is -2.14. The minimum atomic E-state index is -3.05. The largest absolute Gasteiger partial charge is 0.328 e. The minimum absolute atomic E-state index is 0.166. The Bertz CT molecular complexity index is 342. The van der Waals surface area contributed by atoms with Gasteiger partial charge in [0.1, 0.15) is 0 Å². The zero-order chi connectivity index (χ0) is 12.5. The summed E-state index contributed by atoms with van der Waals surface area (Å²) in [5.41, 5.74) is 5.92. The molecule has 0 amide bonds. The molecule has 2 atom stereocenters. The first-order valence-corrected chi connectivity index (χ1v) is 8.41. The molecule has 4 nitrogen and oxygen atoms in total. The van der Waals surface area contributed by atoms with Gasteiger partial charge < -0.3 is 5.73 Å². The molecular weight excluding hydrogens is 236 g/mol. The van der Waals surface area contributed by atoms with Gasteiger partial charge in [0.05, 0.1) is 5.75 Å². The maximum Gasteiger partial charge on any atom is 0.211 e. The molecule has 0 aliphatic heterocycles. The van der Waals surface area contributed by atoms with Gasteiger partial charge in [-0.3, -0.25) is 0 Å². The number of hydrogen-bond acceptors (Lipinski definition) is 3. The van der Waals surface area contributed by atoms with E-state index >= 15 is 0 Å². The van der Waals surface area contributed by atoms with Gasteiger partial charge in [0.15, 0.2) is 0 Å². The molecule has 0 aromatic heterocycles. The molecule has 2 aliphatic carbocycles. The number of nitrogens with two attached hydrogens (primary N) is 1. The number of fused-ring (bicyclic) bond motifs is 1. The van der Waals surface area contributed by atoms with E-state index in [1.54, 1.807) is 0 Å². The van der Waals surface area contributed by atoms with E-state index in [0.29, 0.717) is 17.9 Å². The van der Waals surface area contributed by atoms with Crippen LogP contribution in [0, 0.1) is 11.8 Å². The summed E-state index contributed by atoms with van der Waals surface area (Å²) in [7, 11) is -3.05. The van der Waals surface area contributed by atoms with Crippen molar-refractivity contribution in [2.24, 2.45) is 17.6 Å². The van der Waals surface area contributed by atoms with E-state index in [0.717, 1.165) is 38.5 Å². The quantitative estimate of drug-likeness (QED) is 0.780. The fourth-order valence-electron chi connectivity index (χ4n) is 3.41. The van der Waals surface area contributed by atoms with Crippen LogP contribution in [0.1, 0.15) is 45.4 Å². The van der Waals surface area contributed by atoms with E-state index in [1.165, 1.54) is 0 Å². The van der Waals surface area contributed by atoms with Gasteiger partial charge in [0, 0.05) is 12.1 Å². The van der Waals surface area contributed by atoms with Gasteiger partial charge in [-0.25, -0.2) is 13.1 Å². The third-order valence-electron chi connectivity index (χ3n) is 4.17. The summed E-state index contributed by atoms with van der Waals surface area (Å²) >= 11 is 0. The minimum Gasteiger partial charge on any atom is -0.328 e. The van der Waals surface area contributed by atoms with Crippen LogP contribution in [0.4, 0.5) is 0 Å². The standard InChI is InChI=1S/C12H24N2O2S/c1-2-3-4-17(15,16)14-12-7-9-5-11(13)6-10(9)8-12/h9-12,14H,2-8,13H2,1H3. The van der Waals surface area contributed by atoms with Crippen molar-refractivity contribution >= 4 is 10.0 Å². The van der Waals surface area contributed by atoms with E-state index in [9.17, 15) is 8.42 Å². The van der Waals surface area contributed by atoms with Gasteiger partial charge >= 0.3 is 0 Å². The fourth-order valence-corrected chi connectivity index (χ4v) is 4.89. The van der Waals surface area contributed by atoms with E-state index < -0.39 is 10.0 Å². The molecule has 5 heteroatoms. The summed E-state index contributed by atoms with van der Waals surface area (Å²) in [4.78, 5) is 0. The molecule has 2 unspecified atom stereocenters. The first-order valence-electron chi connectivity index (χ1n) is 6.75. The highest BCUT2D eigenvalue weighted by molar-refractivity contribution is 7.89. The van der Waals surface area contributed by atoms with Crippen LogP contribution >= 0.6 is 0 Å². The molecule has 0 bridgehead atoms. The second kappa shape index (κ2) is 5.24. The van der Waals surface area contributed by atoms with Gasteiger partial charge in [0.25, 0.3) is 0 Å². The number of sulfonamides is 1. The van der Waals surface area contributed by atoms with Gasteiger partial charge in [-0.05, 0) is 43.9 Å². The Balaban J connectivity index is 1.82. The number of unbranched alkanes of at least 4 members (excludes halogenated alkanes) is 1. The molecule has 3 N–H and O–H groups in total. The van der Waals surface area contributed by atoms with Crippen molar-refractivity contribution in [3.8, 4) is 0 Å². The van der Waals surface area contributed by atoms with Crippen molar-refractivity contribution in [2.75, 3.05) is 5.75 Å². The van der Waals surface area contributed by atoms with Crippen LogP contribution in [0.5, 0.6) is 0 Å². The van der Waals surface area contributed by atoms with Gasteiger partial charge in [-0.1, -0.05) is 13.3 Å². The Morgan fingerprint density at radius 1 is 1.18 bits per heavy atom. The predicted molar refractivity (Wildman–Crippen MR) is 69.0 cm³/mol. The van der Waals surface area contributed by atoms with Crippen molar-refractivity contribution < 1.29 is 8.42 Å². The average Bonchev–Trinajstić information content (AvgIpc) is 2.70. The molecule has 0 aromatic carbocycles. The Labute approximate surface area is 104 Å². The first kappa shape index (κ1) is 13.3. The molecule has 0 heterocycles. The third kappa shape index (κ3) is 3.42. The maximum absolute atomic E-state index is 11.8. The topological polar surface area (TPSA) is 72.2 Å². The third-order valence-corrected chi connectivity index (χ3v) is 5.68. The summed E-state index contributed by atoms with van der Waals surface area (Å²) in [5.74, 6) is 1.59. The molecule has 0 spiro atoms. The van der Waals surface area contributed by atoms with Crippen molar-refractivity contribution in [1.82, 2.24) is 4.72 Å². The molecule has 0 saturated heterocycles. The predicted octanol–water partition coefficient (Wildman–Crippen LogP) is 1.22. The lowest BCUT2D eigenvalue weighted by Crippen LogP contribution is -2.35. The number of nitrogens with one attached hydrogen (secondary N) is 1. The zero-order valence-electron chi connectivity index (χ0n) is 10.6. The van der Waals surface area contributed by atoms with Gasteiger partial charge in [0.2, 0.25) is 10.0 Å². The maximum atomic E-state index is 11.8. The Hall–Kier alpha value is -0.130. The van der Waals surface area contributed by atoms with Crippen LogP contribution in [0.15, 0.2) is 0 Å². The molecule has 0 aromatic rings. The molecule has 0 radical (unpaired) electrons. The summed E-state index contributed by atoms with van der Waals surface area (Å²) in [6.45, 7) is 2.01. The van der Waals surface area contributed by atoms with Crippen LogP contribution in [0.2, 0.25) is 0 Å². The average molecular weight is 260 g/mol. The van der Waals surface area contributed by atoms with Crippen LogP contribution < -0.4 is 10.5 Å². The van der Waals surface area contributed by atoms with Crippen LogP contribution in [0.3, 0.4) is 0 Å². The second-order valence-electron chi connectivity index (χ2n) is 5.71.